The normalized spacial score (nSPS) is 13.0. The Kier molecular flexibility index (Phi) is 5.21. The van der Waals surface area contributed by atoms with Crippen LogP contribution >= 0.6 is 0 Å². The van der Waals surface area contributed by atoms with E-state index in [-0.39, 0.29) is 0 Å². The van der Waals surface area contributed by atoms with Crippen LogP contribution < -0.4 is 0 Å². The summed E-state index contributed by atoms with van der Waals surface area (Å²) < 4.78 is 8.31. The quantitative estimate of drug-likeness (QED) is 0.552. The number of hydrogen-bond donors (Lipinski definition) is 0. The Morgan fingerprint density at radius 1 is 0.920 bits per heavy atom. The average Bonchev–Trinajstić information content (AvgIpc) is 3.04. The van der Waals surface area contributed by atoms with Crippen LogP contribution in [0, 0.1) is 0 Å². The third-order valence-electron chi connectivity index (χ3n) is 4.62. The van der Waals surface area contributed by atoms with Crippen molar-refractivity contribution in [1.82, 2.24) is 9.55 Å². The Bertz CT molecular complexity index is 807. The molecule has 0 spiro atoms. The first-order chi connectivity index (χ1) is 12.0. The third-order valence-corrected chi connectivity index (χ3v) is 7.22. The van der Waals surface area contributed by atoms with E-state index in [0.29, 0.717) is 12.5 Å². The maximum Gasteiger partial charge on any atom is 0.124 e. The van der Waals surface area contributed by atoms with Crippen molar-refractivity contribution in [3.05, 3.63) is 67.0 Å². The average molecular weight is 351 g/mol. The van der Waals surface area contributed by atoms with E-state index in [1.165, 1.54) is 0 Å². The second-order valence-corrected chi connectivity index (χ2v) is 13.0. The minimum atomic E-state index is -1.32. The van der Waals surface area contributed by atoms with Crippen molar-refractivity contribution < 1.29 is 4.74 Å². The van der Waals surface area contributed by atoms with Gasteiger partial charge in [0.05, 0.1) is 25.8 Å². The van der Waals surface area contributed by atoms with Gasteiger partial charge in [-0.25, -0.2) is 4.98 Å². The van der Waals surface area contributed by atoms with E-state index in [1.807, 2.05) is 30.6 Å². The molecule has 130 valence electrons. The van der Waals surface area contributed by atoms with Gasteiger partial charge in [0, 0.05) is 16.9 Å². The van der Waals surface area contributed by atoms with Gasteiger partial charge in [-0.15, -0.1) is 0 Å². The molecule has 1 heterocycles. The van der Waals surface area contributed by atoms with Crippen molar-refractivity contribution in [2.45, 2.75) is 39.0 Å². The van der Waals surface area contributed by atoms with Crippen LogP contribution in [0.5, 0.6) is 0 Å². The lowest BCUT2D eigenvalue weighted by Gasteiger charge is -2.25. The van der Waals surface area contributed by atoms with E-state index in [9.17, 15) is 0 Å². The van der Waals surface area contributed by atoms with Crippen LogP contribution in [0.2, 0.25) is 19.6 Å². The molecule has 4 heteroatoms. The fraction of sp³-hybridized carbons (Fsp3) is 0.286. The van der Waals surface area contributed by atoms with Crippen LogP contribution in [0.15, 0.2) is 67.0 Å². The number of nitrogens with zero attached hydrogens (tertiary/aromatic N) is 2. The van der Waals surface area contributed by atoms with Gasteiger partial charge in [-0.05, 0) is 6.92 Å². The second-order valence-electron chi connectivity index (χ2n) is 7.45. The molecular weight excluding hydrogens is 324 g/mol. The first-order valence-electron chi connectivity index (χ1n) is 8.74. The number of imidazole rings is 1. The first kappa shape index (κ1) is 17.6. The maximum atomic E-state index is 6.19. The predicted octanol–water partition coefficient (Wildman–Crippen LogP) is 5.46. The highest BCUT2D eigenvalue weighted by atomic mass is 28.3. The molecule has 1 atom stereocenters. The number of hydrogen-bond acceptors (Lipinski definition) is 2. The van der Waals surface area contributed by atoms with Crippen molar-refractivity contribution in [3.8, 4) is 22.5 Å². The standard InChI is InChI=1S/C21H26N2OSi/c1-17(25(2,3)4)24-16-23-15-22-20(18-11-7-5-8-12-18)21(23)19-13-9-6-10-14-19/h5-15,17H,16H2,1-4H3. The molecule has 25 heavy (non-hydrogen) atoms. The monoisotopic (exact) mass is 350 g/mol. The Morgan fingerprint density at radius 3 is 2.04 bits per heavy atom. The summed E-state index contributed by atoms with van der Waals surface area (Å²) in [4.78, 5) is 4.70. The zero-order valence-corrected chi connectivity index (χ0v) is 16.4. The zero-order valence-electron chi connectivity index (χ0n) is 15.4. The second kappa shape index (κ2) is 7.38. The lowest BCUT2D eigenvalue weighted by molar-refractivity contribution is 0.0575. The Hall–Kier alpha value is -2.17. The van der Waals surface area contributed by atoms with Gasteiger partial charge in [0.2, 0.25) is 0 Å². The van der Waals surface area contributed by atoms with Crippen molar-refractivity contribution in [3.63, 3.8) is 0 Å². The van der Waals surface area contributed by atoms with Crippen LogP contribution in [0.1, 0.15) is 6.92 Å². The van der Waals surface area contributed by atoms with Crippen molar-refractivity contribution in [2.24, 2.45) is 0 Å². The molecule has 3 nitrogen and oxygen atoms in total. The number of benzene rings is 2. The van der Waals surface area contributed by atoms with E-state index in [2.05, 4.69) is 67.5 Å². The molecule has 0 N–H and O–H groups in total. The molecule has 0 radical (unpaired) electrons. The van der Waals surface area contributed by atoms with Crippen LogP contribution in [0.3, 0.4) is 0 Å². The Balaban J connectivity index is 1.98. The fourth-order valence-corrected chi connectivity index (χ4v) is 3.20. The molecule has 0 aliphatic heterocycles. The van der Waals surface area contributed by atoms with Gasteiger partial charge < -0.3 is 9.30 Å². The minimum Gasteiger partial charge on any atom is -0.361 e. The van der Waals surface area contributed by atoms with Gasteiger partial charge in [0.25, 0.3) is 0 Å². The van der Waals surface area contributed by atoms with Crippen molar-refractivity contribution in [2.75, 3.05) is 0 Å². The largest absolute Gasteiger partial charge is 0.361 e. The maximum absolute atomic E-state index is 6.19. The smallest absolute Gasteiger partial charge is 0.124 e. The molecule has 3 rings (SSSR count). The van der Waals surface area contributed by atoms with Crippen LogP contribution in [-0.4, -0.2) is 23.4 Å². The third kappa shape index (κ3) is 4.09. The van der Waals surface area contributed by atoms with Gasteiger partial charge in [0.15, 0.2) is 0 Å². The fourth-order valence-electron chi connectivity index (χ4n) is 2.63. The zero-order chi connectivity index (χ0) is 17.9. The molecule has 0 saturated carbocycles. The van der Waals surface area contributed by atoms with Crippen LogP contribution in [-0.2, 0) is 11.5 Å². The predicted molar refractivity (Wildman–Crippen MR) is 107 cm³/mol. The van der Waals surface area contributed by atoms with E-state index in [0.717, 1.165) is 22.5 Å². The van der Waals surface area contributed by atoms with E-state index < -0.39 is 8.07 Å². The molecule has 0 fully saturated rings. The topological polar surface area (TPSA) is 27.1 Å². The summed E-state index contributed by atoms with van der Waals surface area (Å²) in [6.45, 7) is 9.70. The van der Waals surface area contributed by atoms with Crippen molar-refractivity contribution >= 4 is 8.07 Å². The van der Waals surface area contributed by atoms with Gasteiger partial charge in [-0.2, -0.15) is 0 Å². The number of ether oxygens (including phenoxy) is 1. The summed E-state index contributed by atoms with van der Waals surface area (Å²) in [6.07, 6.45) is 1.89. The summed E-state index contributed by atoms with van der Waals surface area (Å²) in [5.74, 6) is 0. The van der Waals surface area contributed by atoms with Gasteiger partial charge >= 0.3 is 0 Å². The molecule has 1 unspecified atom stereocenters. The highest BCUT2D eigenvalue weighted by Gasteiger charge is 2.24. The Morgan fingerprint density at radius 2 is 1.48 bits per heavy atom. The molecule has 3 aromatic rings. The Labute approximate surface area is 151 Å². The highest BCUT2D eigenvalue weighted by molar-refractivity contribution is 6.77. The van der Waals surface area contributed by atoms with Crippen LogP contribution in [0.25, 0.3) is 22.5 Å². The molecule has 0 bridgehead atoms. The number of rotatable bonds is 6. The molecule has 0 saturated heterocycles. The lowest BCUT2D eigenvalue weighted by atomic mass is 10.0. The first-order valence-corrected chi connectivity index (χ1v) is 12.3. The van der Waals surface area contributed by atoms with E-state index >= 15 is 0 Å². The summed E-state index contributed by atoms with van der Waals surface area (Å²) >= 11 is 0. The summed E-state index contributed by atoms with van der Waals surface area (Å²) in [5, 5.41) is 0. The molecule has 0 aliphatic carbocycles. The van der Waals surface area contributed by atoms with Crippen molar-refractivity contribution in [1.29, 1.82) is 0 Å². The summed E-state index contributed by atoms with van der Waals surface area (Å²) in [5.41, 5.74) is 4.67. The SMILES string of the molecule is CC(OCn1cnc(-c2ccccc2)c1-c1ccccc1)[Si](C)(C)C. The molecular formula is C21H26N2OSi. The molecule has 0 amide bonds. The summed E-state index contributed by atoms with van der Waals surface area (Å²) in [6, 6.07) is 20.7. The van der Waals surface area contributed by atoms with Gasteiger partial charge in [-0.3, -0.25) is 0 Å². The van der Waals surface area contributed by atoms with E-state index in [4.69, 9.17) is 9.72 Å². The highest BCUT2D eigenvalue weighted by Crippen LogP contribution is 2.31. The van der Waals surface area contributed by atoms with Gasteiger partial charge in [0.1, 0.15) is 6.73 Å². The van der Waals surface area contributed by atoms with Crippen LogP contribution in [0.4, 0.5) is 0 Å². The molecule has 0 aliphatic rings. The molecule has 2 aromatic carbocycles. The van der Waals surface area contributed by atoms with E-state index in [1.54, 1.807) is 0 Å². The summed E-state index contributed by atoms with van der Waals surface area (Å²) in [7, 11) is -1.32. The molecule has 1 aromatic heterocycles. The van der Waals surface area contributed by atoms with Gasteiger partial charge in [-0.1, -0.05) is 80.3 Å². The minimum absolute atomic E-state index is 0.290. The number of aromatic nitrogens is 2. The lowest BCUT2D eigenvalue weighted by Crippen LogP contribution is -2.38.